The molecule has 13 heavy (non-hydrogen) atoms. The van der Waals surface area contributed by atoms with E-state index in [0.717, 1.165) is 27.9 Å². The summed E-state index contributed by atoms with van der Waals surface area (Å²) in [6.45, 7) is 11.9. The minimum absolute atomic E-state index is 0.683. The number of hydrogen-bond donors (Lipinski definition) is 0. The molecule has 0 saturated carbocycles. The summed E-state index contributed by atoms with van der Waals surface area (Å²) < 4.78 is 0. The predicted molar refractivity (Wildman–Crippen MR) is 54.5 cm³/mol. The minimum atomic E-state index is 0.683. The maximum Gasteiger partial charge on any atom is 0.321 e. The average molecular weight is 174 g/mol. The van der Waals surface area contributed by atoms with Crippen LogP contribution in [0.1, 0.15) is 27.7 Å². The van der Waals surface area contributed by atoms with Crippen LogP contribution in [0.2, 0.25) is 0 Å². The molecule has 0 atom stereocenters. The summed E-state index contributed by atoms with van der Waals surface area (Å²) in [5, 5.41) is 0. The second-order valence-corrected chi connectivity index (χ2v) is 3.43. The first-order chi connectivity index (χ1) is 6.00. The first-order valence-electron chi connectivity index (χ1n) is 4.28. The third-order valence-electron chi connectivity index (χ3n) is 2.84. The third kappa shape index (κ3) is 1.30. The monoisotopic (exact) mass is 174 g/mol. The van der Waals surface area contributed by atoms with Gasteiger partial charge in [-0.05, 0) is 44.4 Å². The highest BCUT2D eigenvalue weighted by Gasteiger charge is 2.25. The summed E-state index contributed by atoms with van der Waals surface area (Å²) in [5.41, 5.74) is 14.8. The van der Waals surface area contributed by atoms with Gasteiger partial charge in [-0.1, -0.05) is 6.58 Å². The van der Waals surface area contributed by atoms with Gasteiger partial charge in [-0.25, -0.2) is 0 Å². The zero-order valence-electron chi connectivity index (χ0n) is 8.60. The molecule has 68 valence electrons. The molecule has 2 nitrogen and oxygen atoms in total. The van der Waals surface area contributed by atoms with Crippen LogP contribution in [0.15, 0.2) is 34.4 Å². The van der Waals surface area contributed by atoms with E-state index in [-0.39, 0.29) is 0 Å². The normalized spacial score (nSPS) is 18.2. The highest BCUT2D eigenvalue weighted by atomic mass is 14.9. The van der Waals surface area contributed by atoms with E-state index in [9.17, 15) is 0 Å². The Labute approximate surface area is 78.9 Å². The molecule has 0 aromatic carbocycles. The lowest BCUT2D eigenvalue weighted by molar-refractivity contribution is -0.00370. The molecule has 0 spiro atoms. The molecule has 0 radical (unpaired) electrons. The van der Waals surface area contributed by atoms with Crippen molar-refractivity contribution in [3.05, 3.63) is 40.0 Å². The summed E-state index contributed by atoms with van der Waals surface area (Å²) in [4.78, 5) is 3.30. The Bertz CT molecular complexity index is 358. The molecule has 1 aliphatic rings. The van der Waals surface area contributed by atoms with Crippen molar-refractivity contribution in [3.63, 3.8) is 0 Å². The van der Waals surface area contributed by atoms with Gasteiger partial charge in [0, 0.05) is 11.1 Å². The van der Waals surface area contributed by atoms with E-state index in [1.807, 2.05) is 27.7 Å². The predicted octanol–water partition coefficient (Wildman–Crippen LogP) is 2.90. The van der Waals surface area contributed by atoms with Gasteiger partial charge in [0.25, 0.3) is 0 Å². The van der Waals surface area contributed by atoms with Crippen molar-refractivity contribution in [2.45, 2.75) is 27.7 Å². The molecule has 0 aliphatic heterocycles. The molecule has 0 unspecified atom stereocenters. The van der Waals surface area contributed by atoms with Gasteiger partial charge in [0.2, 0.25) is 0 Å². The van der Waals surface area contributed by atoms with Crippen molar-refractivity contribution < 1.29 is 4.79 Å². The minimum Gasteiger partial charge on any atom is -0.361 e. The Morgan fingerprint density at radius 2 is 1.31 bits per heavy atom. The summed E-state index contributed by atoms with van der Waals surface area (Å²) >= 11 is 0. The maximum atomic E-state index is 8.84. The molecular weight excluding hydrogens is 160 g/mol. The fraction of sp³-hybridized carbons (Fsp3) is 0.364. The van der Waals surface area contributed by atoms with Crippen LogP contribution in [0.5, 0.6) is 0 Å². The first-order valence-corrected chi connectivity index (χ1v) is 4.28. The van der Waals surface area contributed by atoms with Gasteiger partial charge in [0.15, 0.2) is 0 Å². The van der Waals surface area contributed by atoms with Crippen LogP contribution in [0.25, 0.3) is 5.53 Å². The smallest absolute Gasteiger partial charge is 0.321 e. The van der Waals surface area contributed by atoms with E-state index in [1.165, 1.54) is 0 Å². The van der Waals surface area contributed by atoms with Gasteiger partial charge in [-0.2, -0.15) is 4.79 Å². The lowest BCUT2D eigenvalue weighted by Crippen LogP contribution is -2.14. The van der Waals surface area contributed by atoms with E-state index in [0.29, 0.717) is 5.71 Å². The molecular formula is C11H14N2. The molecule has 0 heterocycles. The fourth-order valence-corrected chi connectivity index (χ4v) is 1.52. The van der Waals surface area contributed by atoms with Crippen LogP contribution in [0, 0.1) is 0 Å². The van der Waals surface area contributed by atoms with Gasteiger partial charge >= 0.3 is 5.71 Å². The SMILES string of the molecule is C=C1C(C)=C(C)C(=[N+]=[N-])C(C)=C1C. The lowest BCUT2D eigenvalue weighted by atomic mass is 9.84. The molecule has 0 bridgehead atoms. The van der Waals surface area contributed by atoms with Gasteiger partial charge in [0.05, 0.1) is 0 Å². The maximum absolute atomic E-state index is 8.84. The molecule has 1 aliphatic carbocycles. The van der Waals surface area contributed by atoms with E-state index in [4.69, 9.17) is 5.53 Å². The van der Waals surface area contributed by atoms with Crippen molar-refractivity contribution in [2.75, 3.05) is 0 Å². The highest BCUT2D eigenvalue weighted by molar-refractivity contribution is 6.11. The highest BCUT2D eigenvalue weighted by Crippen LogP contribution is 2.29. The van der Waals surface area contributed by atoms with Crippen LogP contribution in [-0.4, -0.2) is 10.5 Å². The zero-order chi connectivity index (χ0) is 10.2. The second kappa shape index (κ2) is 3.15. The molecule has 0 N–H and O–H groups in total. The van der Waals surface area contributed by atoms with Crippen molar-refractivity contribution in [3.8, 4) is 0 Å². The zero-order valence-corrected chi connectivity index (χ0v) is 8.60. The van der Waals surface area contributed by atoms with Gasteiger partial charge < -0.3 is 5.53 Å². The first kappa shape index (κ1) is 9.69. The Balaban J connectivity index is 3.47. The molecule has 0 aromatic heterocycles. The van der Waals surface area contributed by atoms with Crippen LogP contribution in [-0.2, 0) is 0 Å². The number of nitrogens with zero attached hydrogens (tertiary/aromatic N) is 2. The third-order valence-corrected chi connectivity index (χ3v) is 2.84. The Kier molecular flexibility index (Phi) is 2.35. The van der Waals surface area contributed by atoms with Crippen LogP contribution in [0.4, 0.5) is 0 Å². The molecule has 1 rings (SSSR count). The van der Waals surface area contributed by atoms with E-state index in [1.54, 1.807) is 0 Å². The Morgan fingerprint density at radius 3 is 1.62 bits per heavy atom. The summed E-state index contributed by atoms with van der Waals surface area (Å²) in [6.07, 6.45) is 0. The van der Waals surface area contributed by atoms with E-state index >= 15 is 0 Å². The number of allylic oxidation sites excluding steroid dienone is 5. The van der Waals surface area contributed by atoms with Crippen molar-refractivity contribution in [2.24, 2.45) is 0 Å². The molecule has 0 aromatic rings. The van der Waals surface area contributed by atoms with Crippen molar-refractivity contribution in [1.82, 2.24) is 0 Å². The van der Waals surface area contributed by atoms with Crippen LogP contribution in [0.3, 0.4) is 0 Å². The second-order valence-electron chi connectivity index (χ2n) is 3.43. The molecule has 0 amide bonds. The molecule has 0 fully saturated rings. The van der Waals surface area contributed by atoms with Crippen molar-refractivity contribution in [1.29, 1.82) is 0 Å². The van der Waals surface area contributed by atoms with Crippen LogP contribution < -0.4 is 0 Å². The Hall–Kier alpha value is -1.40. The van der Waals surface area contributed by atoms with E-state index < -0.39 is 0 Å². The largest absolute Gasteiger partial charge is 0.361 e. The van der Waals surface area contributed by atoms with Crippen LogP contribution >= 0.6 is 0 Å². The topological polar surface area (TPSA) is 36.4 Å². The average Bonchev–Trinajstić information content (AvgIpc) is 2.13. The molecule has 2 heteroatoms. The standard InChI is InChI=1S/C11H14N2/c1-6-7(2)9(4)11(13-12)10(5)8(6)3/h1H2,2-5H3. The molecule has 0 saturated heterocycles. The van der Waals surface area contributed by atoms with E-state index in [2.05, 4.69) is 11.4 Å². The summed E-state index contributed by atoms with van der Waals surface area (Å²) in [7, 11) is 0. The summed E-state index contributed by atoms with van der Waals surface area (Å²) in [6, 6.07) is 0. The number of hydrogen-bond acceptors (Lipinski definition) is 0. The van der Waals surface area contributed by atoms with Gasteiger partial charge in [-0.3, -0.25) is 0 Å². The Morgan fingerprint density at radius 1 is 0.923 bits per heavy atom. The quantitative estimate of drug-likeness (QED) is 0.400. The van der Waals surface area contributed by atoms with Crippen molar-refractivity contribution >= 4 is 5.71 Å². The fourth-order valence-electron chi connectivity index (χ4n) is 1.52. The van der Waals surface area contributed by atoms with Gasteiger partial charge in [-0.15, -0.1) is 0 Å². The number of rotatable bonds is 0. The lowest BCUT2D eigenvalue weighted by Gasteiger charge is -2.16. The van der Waals surface area contributed by atoms with Gasteiger partial charge in [0.1, 0.15) is 0 Å². The summed E-state index contributed by atoms with van der Waals surface area (Å²) in [5.74, 6) is 0.